The highest BCUT2D eigenvalue weighted by Crippen LogP contribution is 2.22. The first-order valence-electron chi connectivity index (χ1n) is 8.09. The lowest BCUT2D eigenvalue weighted by atomic mass is 10.1. The molecule has 0 saturated carbocycles. The normalized spacial score (nSPS) is 11.9. The summed E-state index contributed by atoms with van der Waals surface area (Å²) < 4.78 is 7.21. The third-order valence-electron chi connectivity index (χ3n) is 3.88. The lowest BCUT2D eigenvalue weighted by Crippen LogP contribution is -2.30. The van der Waals surface area contributed by atoms with Crippen LogP contribution >= 0.6 is 0 Å². The van der Waals surface area contributed by atoms with Crippen LogP contribution < -0.4 is 10.1 Å². The van der Waals surface area contributed by atoms with E-state index in [4.69, 9.17) is 4.74 Å². The van der Waals surface area contributed by atoms with E-state index in [1.165, 1.54) is 0 Å². The number of carbonyl (C=O) groups excluding carboxylic acids is 1. The Kier molecular flexibility index (Phi) is 5.13. The predicted octanol–water partition coefficient (Wildman–Crippen LogP) is 2.35. The fourth-order valence-electron chi connectivity index (χ4n) is 2.55. The minimum atomic E-state index is -0.167. The molecule has 0 bridgehead atoms. The summed E-state index contributed by atoms with van der Waals surface area (Å²) >= 11 is 0. The number of ether oxygens (including phenoxy) is 1. The molecule has 1 amide bonds. The van der Waals surface area contributed by atoms with Gasteiger partial charge in [0, 0.05) is 31.0 Å². The van der Waals surface area contributed by atoms with Gasteiger partial charge >= 0.3 is 0 Å². The second kappa shape index (κ2) is 7.65. The molecule has 0 radical (unpaired) electrons. The molecule has 7 heteroatoms. The Bertz CT molecular complexity index is 826. The summed E-state index contributed by atoms with van der Waals surface area (Å²) in [7, 11) is 1.62. The molecule has 1 atom stereocenters. The van der Waals surface area contributed by atoms with Crippen molar-refractivity contribution < 1.29 is 9.53 Å². The summed E-state index contributed by atoms with van der Waals surface area (Å²) in [5, 5.41) is 9.94. The summed E-state index contributed by atoms with van der Waals surface area (Å²) in [5.41, 5.74) is 2.03. The summed E-state index contributed by atoms with van der Waals surface area (Å²) in [4.78, 5) is 16.3. The van der Waals surface area contributed by atoms with Crippen LogP contribution in [0.5, 0.6) is 5.75 Å². The molecule has 0 fully saturated rings. The van der Waals surface area contributed by atoms with E-state index in [9.17, 15) is 4.79 Å². The lowest BCUT2D eigenvalue weighted by Gasteiger charge is -2.12. The lowest BCUT2D eigenvalue weighted by molar-refractivity contribution is 0.0942. The Morgan fingerprint density at radius 3 is 3.04 bits per heavy atom. The molecule has 1 aromatic carbocycles. The van der Waals surface area contributed by atoms with Gasteiger partial charge in [-0.2, -0.15) is 5.10 Å². The average Bonchev–Trinajstić information content (AvgIpc) is 3.31. The van der Waals surface area contributed by atoms with E-state index in [1.54, 1.807) is 25.7 Å². The minimum Gasteiger partial charge on any atom is -0.497 e. The quantitative estimate of drug-likeness (QED) is 0.692. The van der Waals surface area contributed by atoms with Crippen LogP contribution in [0.3, 0.4) is 0 Å². The molecule has 3 aromatic rings. The van der Waals surface area contributed by atoms with Gasteiger partial charge in [-0.15, -0.1) is 0 Å². The molecule has 3 rings (SSSR count). The van der Waals surface area contributed by atoms with Crippen molar-refractivity contribution in [2.75, 3.05) is 13.7 Å². The van der Waals surface area contributed by atoms with Gasteiger partial charge in [0.25, 0.3) is 5.91 Å². The molecule has 25 heavy (non-hydrogen) atoms. The molecule has 2 heterocycles. The van der Waals surface area contributed by atoms with Crippen molar-refractivity contribution in [3.05, 3.63) is 54.7 Å². The fourth-order valence-corrected chi connectivity index (χ4v) is 2.55. The van der Waals surface area contributed by atoms with Gasteiger partial charge in [0.05, 0.1) is 19.1 Å². The van der Waals surface area contributed by atoms with Crippen LogP contribution in [0.15, 0.2) is 49.1 Å². The molecule has 0 aliphatic rings. The molecule has 0 saturated heterocycles. The number of H-pyrrole nitrogens is 1. The van der Waals surface area contributed by atoms with E-state index in [2.05, 4.69) is 27.4 Å². The summed E-state index contributed by atoms with van der Waals surface area (Å²) in [5.74, 6) is 0.873. The van der Waals surface area contributed by atoms with Gasteiger partial charge in [-0.3, -0.25) is 9.89 Å². The largest absolute Gasteiger partial charge is 0.497 e. The van der Waals surface area contributed by atoms with Crippen molar-refractivity contribution in [1.82, 2.24) is 25.1 Å². The van der Waals surface area contributed by atoms with Gasteiger partial charge in [-0.1, -0.05) is 19.1 Å². The summed E-state index contributed by atoms with van der Waals surface area (Å²) in [6.45, 7) is 3.46. The molecule has 0 aliphatic carbocycles. The van der Waals surface area contributed by atoms with Crippen molar-refractivity contribution in [3.63, 3.8) is 0 Å². The van der Waals surface area contributed by atoms with E-state index in [0.717, 1.165) is 17.9 Å². The topological polar surface area (TPSA) is 84.8 Å². The highest BCUT2D eigenvalue weighted by Gasteiger charge is 2.12. The first kappa shape index (κ1) is 16.8. The Hall–Kier alpha value is -3.09. The van der Waals surface area contributed by atoms with Gasteiger partial charge in [0.1, 0.15) is 11.4 Å². The average molecular weight is 339 g/mol. The number of rotatable bonds is 7. The van der Waals surface area contributed by atoms with Crippen molar-refractivity contribution in [2.24, 2.45) is 5.92 Å². The van der Waals surface area contributed by atoms with E-state index < -0.39 is 0 Å². The van der Waals surface area contributed by atoms with Crippen LogP contribution in [-0.2, 0) is 6.54 Å². The first-order valence-corrected chi connectivity index (χ1v) is 8.09. The number of nitrogens with zero attached hydrogens (tertiary/aromatic N) is 3. The van der Waals surface area contributed by atoms with Gasteiger partial charge in [-0.05, 0) is 24.1 Å². The molecule has 130 valence electrons. The number of hydrogen-bond acceptors (Lipinski definition) is 4. The van der Waals surface area contributed by atoms with E-state index in [1.807, 2.05) is 35.0 Å². The second-order valence-corrected chi connectivity index (χ2v) is 5.97. The van der Waals surface area contributed by atoms with Crippen molar-refractivity contribution >= 4 is 5.91 Å². The Labute approximate surface area is 146 Å². The van der Waals surface area contributed by atoms with Crippen LogP contribution in [-0.4, -0.2) is 39.3 Å². The first-order chi connectivity index (χ1) is 12.2. The number of hydrogen-bond donors (Lipinski definition) is 2. The zero-order valence-corrected chi connectivity index (χ0v) is 14.3. The maximum Gasteiger partial charge on any atom is 0.269 e. The monoisotopic (exact) mass is 339 g/mol. The highest BCUT2D eigenvalue weighted by atomic mass is 16.5. The molecule has 7 nitrogen and oxygen atoms in total. The number of aromatic nitrogens is 4. The molecule has 2 N–H and O–H groups in total. The standard InChI is InChI=1S/C18H21N5O2/c1-13(11-23-7-6-19-12-23)10-20-18(24)17-9-16(21-22-17)14-4-3-5-15(8-14)25-2/h3-9,12-13H,10-11H2,1-2H3,(H,20,24)(H,21,22)/t13-/m0/s1. The molecular weight excluding hydrogens is 318 g/mol. The second-order valence-electron chi connectivity index (χ2n) is 5.97. The van der Waals surface area contributed by atoms with Gasteiger partial charge < -0.3 is 14.6 Å². The Morgan fingerprint density at radius 2 is 2.28 bits per heavy atom. The SMILES string of the molecule is COc1cccc(-c2cc(C(=O)NC[C@H](C)Cn3ccnc3)[nH]n2)c1. The number of aromatic amines is 1. The van der Waals surface area contributed by atoms with Gasteiger partial charge in [-0.25, -0.2) is 4.98 Å². The maximum atomic E-state index is 12.3. The van der Waals surface area contributed by atoms with Crippen molar-refractivity contribution in [1.29, 1.82) is 0 Å². The summed E-state index contributed by atoms with van der Waals surface area (Å²) in [6, 6.07) is 9.30. The van der Waals surface area contributed by atoms with Crippen LogP contribution in [0.2, 0.25) is 0 Å². The van der Waals surface area contributed by atoms with Crippen LogP contribution in [0, 0.1) is 5.92 Å². The zero-order valence-electron chi connectivity index (χ0n) is 14.3. The number of methoxy groups -OCH3 is 1. The molecule has 0 aliphatic heterocycles. The third-order valence-corrected chi connectivity index (χ3v) is 3.88. The van der Waals surface area contributed by atoms with Crippen LogP contribution in [0.25, 0.3) is 11.3 Å². The van der Waals surface area contributed by atoms with E-state index in [-0.39, 0.29) is 5.91 Å². The zero-order chi connectivity index (χ0) is 17.6. The number of nitrogens with one attached hydrogen (secondary N) is 2. The smallest absolute Gasteiger partial charge is 0.269 e. The van der Waals surface area contributed by atoms with E-state index in [0.29, 0.717) is 23.9 Å². The van der Waals surface area contributed by atoms with Gasteiger partial charge in [0.15, 0.2) is 0 Å². The fraction of sp³-hybridized carbons (Fsp3) is 0.278. The molecule has 2 aromatic heterocycles. The number of imidazole rings is 1. The third kappa shape index (κ3) is 4.26. The predicted molar refractivity (Wildman–Crippen MR) is 94.3 cm³/mol. The van der Waals surface area contributed by atoms with Crippen molar-refractivity contribution in [2.45, 2.75) is 13.5 Å². The summed E-state index contributed by atoms with van der Waals surface area (Å²) in [6.07, 6.45) is 5.43. The minimum absolute atomic E-state index is 0.167. The van der Waals surface area contributed by atoms with E-state index >= 15 is 0 Å². The molecular formula is C18H21N5O2. The number of amides is 1. The molecule has 0 unspecified atom stereocenters. The maximum absolute atomic E-state index is 12.3. The Balaban J connectivity index is 1.58. The van der Waals surface area contributed by atoms with Gasteiger partial charge in [0.2, 0.25) is 0 Å². The van der Waals surface area contributed by atoms with Crippen molar-refractivity contribution in [3.8, 4) is 17.0 Å². The molecule has 0 spiro atoms. The number of benzene rings is 1. The van der Waals surface area contributed by atoms with Crippen LogP contribution in [0.4, 0.5) is 0 Å². The highest BCUT2D eigenvalue weighted by molar-refractivity contribution is 5.93. The van der Waals surface area contributed by atoms with Crippen LogP contribution in [0.1, 0.15) is 17.4 Å². The Morgan fingerprint density at radius 1 is 1.40 bits per heavy atom. The number of carbonyl (C=O) groups is 1.